The summed E-state index contributed by atoms with van der Waals surface area (Å²) in [7, 11) is 0. The van der Waals surface area contributed by atoms with Gasteiger partial charge in [-0.2, -0.15) is 5.10 Å². The van der Waals surface area contributed by atoms with Gasteiger partial charge < -0.3 is 10.4 Å². The Labute approximate surface area is 165 Å². The van der Waals surface area contributed by atoms with Crippen molar-refractivity contribution >= 4 is 63.2 Å². The number of phenols is 1. The third-order valence-corrected chi connectivity index (χ3v) is 4.44. The van der Waals surface area contributed by atoms with Gasteiger partial charge in [0.05, 0.1) is 19.9 Å². The Morgan fingerprint density at radius 3 is 2.46 bits per heavy atom. The average Bonchev–Trinajstić information content (AvgIpc) is 2.58. The number of aromatic hydroxyl groups is 1. The van der Waals surface area contributed by atoms with Crippen molar-refractivity contribution in [2.45, 2.75) is 0 Å². The summed E-state index contributed by atoms with van der Waals surface area (Å²) >= 11 is 4.02. The van der Waals surface area contributed by atoms with Crippen LogP contribution in [-0.2, 0) is 4.79 Å². The smallest absolute Gasteiger partial charge is 0.259 e. The highest BCUT2D eigenvalue weighted by atomic mass is 127. The molecule has 0 saturated carbocycles. The standard InChI is InChI=1S/C15H12I2N4O3/c16-11-5-9(6-12(17)14(11)23)7-20-21-13(22)8-19-15(24)10-1-3-18-4-2-10/h1-7,23H,8H2,(H,19,24)(H,21,22)/b20-7-. The van der Waals surface area contributed by atoms with Gasteiger partial charge >= 0.3 is 0 Å². The summed E-state index contributed by atoms with van der Waals surface area (Å²) in [5, 5.41) is 16.0. The molecule has 9 heteroatoms. The van der Waals surface area contributed by atoms with E-state index in [9.17, 15) is 14.7 Å². The van der Waals surface area contributed by atoms with E-state index in [2.05, 4.69) is 20.8 Å². The van der Waals surface area contributed by atoms with Gasteiger partial charge in [-0.25, -0.2) is 5.43 Å². The highest BCUT2D eigenvalue weighted by molar-refractivity contribution is 14.1. The summed E-state index contributed by atoms with van der Waals surface area (Å²) in [5.74, 6) is -0.591. The third kappa shape index (κ3) is 5.40. The van der Waals surface area contributed by atoms with Crippen molar-refractivity contribution in [2.75, 3.05) is 6.54 Å². The summed E-state index contributed by atoms with van der Waals surface area (Å²) in [6.07, 6.45) is 4.46. The fourth-order valence-electron chi connectivity index (χ4n) is 1.64. The number of amides is 2. The number of benzene rings is 1. The summed E-state index contributed by atoms with van der Waals surface area (Å²) < 4.78 is 1.38. The first-order chi connectivity index (χ1) is 11.5. The molecule has 124 valence electrons. The second kappa shape index (κ2) is 8.92. The predicted octanol–water partition coefficient (Wildman–Crippen LogP) is 1.88. The van der Waals surface area contributed by atoms with Crippen molar-refractivity contribution in [3.8, 4) is 5.75 Å². The monoisotopic (exact) mass is 550 g/mol. The third-order valence-electron chi connectivity index (χ3n) is 2.79. The zero-order chi connectivity index (χ0) is 17.5. The van der Waals surface area contributed by atoms with Gasteiger partial charge in [0, 0.05) is 18.0 Å². The van der Waals surface area contributed by atoms with Gasteiger partial charge in [-0.05, 0) is 75.0 Å². The minimum absolute atomic E-state index is 0.191. The number of phenolic OH excluding ortho intramolecular Hbond substituents is 1. The molecule has 3 N–H and O–H groups in total. The molecule has 0 radical (unpaired) electrons. The molecular formula is C15H12I2N4O3. The minimum atomic E-state index is -0.447. The first kappa shape index (κ1) is 18.6. The van der Waals surface area contributed by atoms with Crippen LogP contribution in [0, 0.1) is 7.14 Å². The first-order valence-corrected chi connectivity index (χ1v) is 8.81. The zero-order valence-corrected chi connectivity index (χ0v) is 16.5. The van der Waals surface area contributed by atoms with Crippen LogP contribution in [-0.4, -0.2) is 34.7 Å². The highest BCUT2D eigenvalue weighted by Crippen LogP contribution is 2.26. The molecule has 0 bridgehead atoms. The molecule has 7 nitrogen and oxygen atoms in total. The molecule has 2 rings (SSSR count). The molecule has 0 saturated heterocycles. The van der Waals surface area contributed by atoms with Gasteiger partial charge in [-0.15, -0.1) is 0 Å². The Morgan fingerprint density at radius 1 is 1.21 bits per heavy atom. The van der Waals surface area contributed by atoms with E-state index >= 15 is 0 Å². The number of hydrogen-bond donors (Lipinski definition) is 3. The van der Waals surface area contributed by atoms with Gasteiger partial charge in [0.1, 0.15) is 5.75 Å². The minimum Gasteiger partial charge on any atom is -0.506 e. The molecule has 1 aromatic heterocycles. The van der Waals surface area contributed by atoms with E-state index < -0.39 is 5.91 Å². The number of aromatic nitrogens is 1. The Morgan fingerprint density at radius 2 is 1.83 bits per heavy atom. The van der Waals surface area contributed by atoms with Crippen molar-refractivity contribution in [2.24, 2.45) is 5.10 Å². The Kier molecular flexibility index (Phi) is 6.90. The molecule has 24 heavy (non-hydrogen) atoms. The zero-order valence-electron chi connectivity index (χ0n) is 12.2. The van der Waals surface area contributed by atoms with Crippen LogP contribution in [0.1, 0.15) is 15.9 Å². The van der Waals surface area contributed by atoms with Crippen molar-refractivity contribution < 1.29 is 14.7 Å². The lowest BCUT2D eigenvalue weighted by Gasteiger charge is -2.04. The van der Waals surface area contributed by atoms with Crippen LogP contribution in [0.4, 0.5) is 0 Å². The molecule has 0 aliphatic heterocycles. The highest BCUT2D eigenvalue weighted by Gasteiger charge is 2.07. The molecule has 0 fully saturated rings. The van der Waals surface area contributed by atoms with Crippen molar-refractivity contribution in [3.05, 3.63) is 54.9 Å². The van der Waals surface area contributed by atoms with Crippen LogP contribution in [0.3, 0.4) is 0 Å². The molecule has 2 aromatic rings. The van der Waals surface area contributed by atoms with Crippen LogP contribution >= 0.6 is 45.2 Å². The van der Waals surface area contributed by atoms with E-state index in [1.807, 2.05) is 45.2 Å². The number of hydrazone groups is 1. The summed E-state index contributed by atoms with van der Waals surface area (Å²) in [4.78, 5) is 27.2. The predicted molar refractivity (Wildman–Crippen MR) is 106 cm³/mol. The van der Waals surface area contributed by atoms with Gasteiger partial charge in [0.25, 0.3) is 11.8 Å². The topological polar surface area (TPSA) is 104 Å². The van der Waals surface area contributed by atoms with Crippen LogP contribution in [0.2, 0.25) is 0 Å². The number of rotatable bonds is 5. The second-order valence-corrected chi connectivity index (χ2v) is 6.87. The van der Waals surface area contributed by atoms with E-state index in [1.54, 1.807) is 24.3 Å². The lowest BCUT2D eigenvalue weighted by Crippen LogP contribution is -2.34. The van der Waals surface area contributed by atoms with Gasteiger partial charge in [-0.1, -0.05) is 0 Å². The number of pyridine rings is 1. The quantitative estimate of drug-likeness (QED) is 0.301. The average molecular weight is 550 g/mol. The summed E-state index contributed by atoms with van der Waals surface area (Å²) in [5.41, 5.74) is 3.49. The van der Waals surface area contributed by atoms with Crippen molar-refractivity contribution in [1.29, 1.82) is 0 Å². The van der Waals surface area contributed by atoms with Gasteiger partial charge in [-0.3, -0.25) is 14.6 Å². The number of hydrogen-bond acceptors (Lipinski definition) is 5. The van der Waals surface area contributed by atoms with E-state index in [0.29, 0.717) is 12.7 Å². The summed E-state index contributed by atoms with van der Waals surface area (Å²) in [6.45, 7) is -0.191. The summed E-state index contributed by atoms with van der Waals surface area (Å²) in [6, 6.07) is 6.58. The number of carbonyl (C=O) groups excluding carboxylic acids is 2. The van der Waals surface area contributed by atoms with Crippen LogP contribution < -0.4 is 10.7 Å². The van der Waals surface area contributed by atoms with E-state index in [1.165, 1.54) is 18.6 Å². The molecule has 0 atom stereocenters. The van der Waals surface area contributed by atoms with Crippen LogP contribution in [0.5, 0.6) is 5.75 Å². The Balaban J connectivity index is 1.84. The molecule has 1 heterocycles. The second-order valence-electron chi connectivity index (χ2n) is 4.54. The van der Waals surface area contributed by atoms with E-state index in [0.717, 1.165) is 5.56 Å². The number of halogens is 2. The maximum Gasteiger partial charge on any atom is 0.259 e. The maximum atomic E-state index is 11.8. The molecule has 0 unspecified atom stereocenters. The molecular weight excluding hydrogens is 538 g/mol. The number of nitrogens with zero attached hydrogens (tertiary/aromatic N) is 2. The fraction of sp³-hybridized carbons (Fsp3) is 0.0667. The molecule has 0 spiro atoms. The van der Waals surface area contributed by atoms with E-state index in [-0.39, 0.29) is 18.2 Å². The van der Waals surface area contributed by atoms with Gasteiger partial charge in [0.15, 0.2) is 0 Å². The van der Waals surface area contributed by atoms with Crippen molar-refractivity contribution in [3.63, 3.8) is 0 Å². The molecule has 0 aliphatic carbocycles. The number of nitrogens with one attached hydrogen (secondary N) is 2. The normalized spacial score (nSPS) is 10.6. The fourth-order valence-corrected chi connectivity index (χ4v) is 3.46. The Bertz CT molecular complexity index is 759. The van der Waals surface area contributed by atoms with E-state index in [4.69, 9.17) is 0 Å². The molecule has 0 aliphatic rings. The van der Waals surface area contributed by atoms with Crippen LogP contribution in [0.15, 0.2) is 41.8 Å². The largest absolute Gasteiger partial charge is 0.506 e. The lowest BCUT2D eigenvalue weighted by molar-refractivity contribution is -0.120. The molecule has 2 amide bonds. The Hall–Kier alpha value is -1.76. The molecule has 1 aromatic carbocycles. The van der Waals surface area contributed by atoms with Crippen LogP contribution in [0.25, 0.3) is 0 Å². The maximum absolute atomic E-state index is 11.8. The number of carbonyl (C=O) groups is 2. The first-order valence-electron chi connectivity index (χ1n) is 6.65. The van der Waals surface area contributed by atoms with Gasteiger partial charge in [0.2, 0.25) is 0 Å². The lowest BCUT2D eigenvalue weighted by atomic mass is 10.2. The SMILES string of the molecule is O=C(CNC(=O)c1ccncc1)N/N=C\c1cc(I)c(O)c(I)c1. The van der Waals surface area contributed by atoms with Crippen molar-refractivity contribution in [1.82, 2.24) is 15.7 Å².